The Morgan fingerprint density at radius 1 is 1.16 bits per heavy atom. The van der Waals surface area contributed by atoms with Crippen molar-refractivity contribution in [2.24, 2.45) is 5.92 Å². The molecule has 31 heavy (non-hydrogen) atoms. The van der Waals surface area contributed by atoms with Crippen molar-refractivity contribution in [3.63, 3.8) is 0 Å². The maximum atomic E-state index is 13.3. The maximum absolute atomic E-state index is 13.3. The second-order valence-corrected chi connectivity index (χ2v) is 7.08. The molecule has 0 saturated carbocycles. The molecule has 168 valence electrons. The van der Waals surface area contributed by atoms with Gasteiger partial charge in [0.2, 0.25) is 5.91 Å². The number of ketones is 1. The molecular formula is C20H22F4N4O3. The molecule has 2 N–H and O–H groups in total. The van der Waals surface area contributed by atoms with Crippen molar-refractivity contribution in [1.29, 1.82) is 0 Å². The number of rotatable bonds is 8. The van der Waals surface area contributed by atoms with Gasteiger partial charge >= 0.3 is 6.18 Å². The summed E-state index contributed by atoms with van der Waals surface area (Å²) >= 11 is 0. The summed E-state index contributed by atoms with van der Waals surface area (Å²) in [6, 6.07) is 3.18. The molecule has 0 aliphatic heterocycles. The molecule has 0 saturated heterocycles. The highest BCUT2D eigenvalue weighted by Crippen LogP contribution is 2.21. The summed E-state index contributed by atoms with van der Waals surface area (Å²) in [5.74, 6) is -4.40. The van der Waals surface area contributed by atoms with Gasteiger partial charge in [0, 0.05) is 12.1 Å². The molecule has 1 aromatic carbocycles. The number of amides is 1. The molecule has 2 aromatic rings. The molecule has 1 unspecified atom stereocenters. The van der Waals surface area contributed by atoms with Crippen LogP contribution in [0.15, 0.2) is 35.3 Å². The molecule has 7 nitrogen and oxygen atoms in total. The molecule has 0 bridgehead atoms. The Hall–Kier alpha value is -3.24. The molecular weight excluding hydrogens is 420 g/mol. The number of nitrogens with zero attached hydrogens (tertiary/aromatic N) is 2. The average Bonchev–Trinajstić information content (AvgIpc) is 2.69. The minimum Gasteiger partial charge on any atom is -0.380 e. The van der Waals surface area contributed by atoms with Crippen molar-refractivity contribution in [1.82, 2.24) is 14.9 Å². The van der Waals surface area contributed by atoms with E-state index in [0.717, 1.165) is 16.7 Å². The van der Waals surface area contributed by atoms with E-state index < -0.39 is 47.7 Å². The zero-order chi connectivity index (χ0) is 23.3. The summed E-state index contributed by atoms with van der Waals surface area (Å²) in [4.78, 5) is 41.2. The fraction of sp³-hybridized carbons (Fsp3) is 0.400. The molecule has 1 atom stereocenters. The van der Waals surface area contributed by atoms with E-state index >= 15 is 0 Å². The number of alkyl halides is 3. The first-order chi connectivity index (χ1) is 14.5. The van der Waals surface area contributed by atoms with Gasteiger partial charge in [-0.1, -0.05) is 13.8 Å². The monoisotopic (exact) mass is 442 g/mol. The standard InChI is InChI=1S/C20H22F4N4O3/c1-4-25-14-9-26-18(12-5-7-13(21)8-6-12)28(19(14)31)10-15(29)27-16(11(2)3)17(30)20(22,23)24/h5-9,11,16,25H,4,10H2,1-3H3,(H,27,29). The highest BCUT2D eigenvalue weighted by Gasteiger charge is 2.45. The lowest BCUT2D eigenvalue weighted by Gasteiger charge is -2.23. The zero-order valence-electron chi connectivity index (χ0n) is 17.1. The van der Waals surface area contributed by atoms with Gasteiger partial charge in [-0.05, 0) is 37.1 Å². The largest absolute Gasteiger partial charge is 0.452 e. The molecule has 1 aromatic heterocycles. The van der Waals surface area contributed by atoms with Gasteiger partial charge in [0.25, 0.3) is 11.3 Å². The van der Waals surface area contributed by atoms with Gasteiger partial charge in [-0.15, -0.1) is 0 Å². The van der Waals surface area contributed by atoms with Crippen LogP contribution >= 0.6 is 0 Å². The highest BCUT2D eigenvalue weighted by molar-refractivity contribution is 5.93. The van der Waals surface area contributed by atoms with Crippen molar-refractivity contribution < 1.29 is 27.2 Å². The highest BCUT2D eigenvalue weighted by atomic mass is 19.4. The second-order valence-electron chi connectivity index (χ2n) is 7.08. The van der Waals surface area contributed by atoms with Gasteiger partial charge in [-0.3, -0.25) is 19.0 Å². The fourth-order valence-electron chi connectivity index (χ4n) is 2.85. The lowest BCUT2D eigenvalue weighted by atomic mass is 9.99. The quantitative estimate of drug-likeness (QED) is 0.614. The van der Waals surface area contributed by atoms with Gasteiger partial charge in [0.15, 0.2) is 0 Å². The van der Waals surface area contributed by atoms with Crippen LogP contribution in [0, 0.1) is 11.7 Å². The molecule has 0 fully saturated rings. The number of Topliss-reactive ketones (excluding diaryl/α,β-unsaturated/α-hetero) is 1. The van der Waals surface area contributed by atoms with Crippen LogP contribution in [-0.4, -0.2) is 40.0 Å². The SMILES string of the molecule is CCNc1cnc(-c2ccc(F)cc2)n(CC(=O)NC(C(=O)C(F)(F)F)C(C)C)c1=O. The first-order valence-corrected chi connectivity index (χ1v) is 9.45. The summed E-state index contributed by atoms with van der Waals surface area (Å²) in [5.41, 5.74) is -0.247. The molecule has 11 heteroatoms. The van der Waals surface area contributed by atoms with Gasteiger partial charge in [0.1, 0.15) is 23.9 Å². The number of hydrogen-bond donors (Lipinski definition) is 2. The van der Waals surface area contributed by atoms with Crippen LogP contribution in [-0.2, 0) is 16.1 Å². The van der Waals surface area contributed by atoms with E-state index in [0.29, 0.717) is 12.1 Å². The zero-order valence-corrected chi connectivity index (χ0v) is 17.1. The van der Waals surface area contributed by atoms with Crippen LogP contribution in [0.5, 0.6) is 0 Å². The van der Waals surface area contributed by atoms with Gasteiger partial charge in [-0.25, -0.2) is 9.37 Å². The summed E-state index contributed by atoms with van der Waals surface area (Å²) in [6.45, 7) is 4.15. The number of hydrogen-bond acceptors (Lipinski definition) is 5. The number of carbonyl (C=O) groups is 2. The van der Waals surface area contributed by atoms with Crippen molar-refractivity contribution >= 4 is 17.4 Å². The fourth-order valence-corrected chi connectivity index (χ4v) is 2.85. The minimum atomic E-state index is -5.12. The van der Waals surface area contributed by atoms with Crippen LogP contribution in [0.2, 0.25) is 0 Å². The van der Waals surface area contributed by atoms with Crippen molar-refractivity contribution in [3.05, 3.63) is 46.6 Å². The Morgan fingerprint density at radius 2 is 1.77 bits per heavy atom. The minimum absolute atomic E-state index is 0.0186. The molecule has 2 rings (SSSR count). The van der Waals surface area contributed by atoms with Gasteiger partial charge < -0.3 is 10.6 Å². The van der Waals surface area contributed by atoms with E-state index in [1.165, 1.54) is 32.2 Å². The third-order valence-electron chi connectivity index (χ3n) is 4.36. The lowest BCUT2D eigenvalue weighted by Crippen LogP contribution is -2.51. The summed E-state index contributed by atoms with van der Waals surface area (Å²) < 4.78 is 52.8. The molecule has 0 aliphatic carbocycles. The van der Waals surface area contributed by atoms with E-state index in [9.17, 15) is 31.9 Å². The van der Waals surface area contributed by atoms with Crippen molar-refractivity contribution in [2.45, 2.75) is 39.5 Å². The second kappa shape index (κ2) is 9.71. The lowest BCUT2D eigenvalue weighted by molar-refractivity contribution is -0.174. The van der Waals surface area contributed by atoms with E-state index in [1.54, 1.807) is 6.92 Å². The Balaban J connectivity index is 2.42. The first kappa shape index (κ1) is 24.0. The predicted octanol–water partition coefficient (Wildman–Crippen LogP) is 2.75. The number of halogens is 4. The van der Waals surface area contributed by atoms with Crippen molar-refractivity contribution in [2.75, 3.05) is 11.9 Å². The maximum Gasteiger partial charge on any atom is 0.452 e. The third-order valence-corrected chi connectivity index (χ3v) is 4.36. The number of benzene rings is 1. The van der Waals surface area contributed by atoms with Crippen LogP contribution in [0.25, 0.3) is 11.4 Å². The first-order valence-electron chi connectivity index (χ1n) is 9.45. The number of nitrogens with one attached hydrogen (secondary N) is 2. The average molecular weight is 442 g/mol. The summed E-state index contributed by atoms with van der Waals surface area (Å²) in [7, 11) is 0. The summed E-state index contributed by atoms with van der Waals surface area (Å²) in [5, 5.41) is 4.85. The Kier molecular flexibility index (Phi) is 7.53. The molecule has 0 radical (unpaired) electrons. The summed E-state index contributed by atoms with van der Waals surface area (Å²) in [6.07, 6.45) is -3.87. The third kappa shape index (κ3) is 5.89. The Morgan fingerprint density at radius 3 is 2.29 bits per heavy atom. The smallest absolute Gasteiger partial charge is 0.380 e. The Labute approximate surface area is 175 Å². The number of carbonyl (C=O) groups excluding carboxylic acids is 2. The van der Waals surface area contributed by atoms with E-state index in [4.69, 9.17) is 0 Å². The van der Waals surface area contributed by atoms with Gasteiger partial charge in [-0.2, -0.15) is 13.2 Å². The van der Waals surface area contributed by atoms with E-state index in [-0.39, 0.29) is 11.5 Å². The predicted molar refractivity (Wildman–Crippen MR) is 106 cm³/mol. The van der Waals surface area contributed by atoms with Crippen LogP contribution < -0.4 is 16.2 Å². The van der Waals surface area contributed by atoms with Crippen LogP contribution in [0.1, 0.15) is 20.8 Å². The molecule has 1 heterocycles. The molecule has 0 spiro atoms. The van der Waals surface area contributed by atoms with Crippen LogP contribution in [0.4, 0.5) is 23.2 Å². The van der Waals surface area contributed by atoms with Crippen molar-refractivity contribution in [3.8, 4) is 11.4 Å². The number of aromatic nitrogens is 2. The topological polar surface area (TPSA) is 93.1 Å². The van der Waals surface area contributed by atoms with E-state index in [1.807, 2.05) is 0 Å². The Bertz CT molecular complexity index is 1000. The van der Waals surface area contributed by atoms with Crippen LogP contribution in [0.3, 0.4) is 0 Å². The normalized spacial score (nSPS) is 12.5. The van der Waals surface area contributed by atoms with Gasteiger partial charge in [0.05, 0.1) is 12.2 Å². The van der Waals surface area contributed by atoms with E-state index in [2.05, 4.69) is 15.6 Å². The molecule has 0 aliphatic rings. The molecule has 1 amide bonds. The number of anilines is 1.